The Kier molecular flexibility index (Phi) is 10.9. The molecular formula is C23H33BrN2O4. The van der Waals surface area contributed by atoms with Crippen LogP contribution in [0.2, 0.25) is 0 Å². The van der Waals surface area contributed by atoms with Gasteiger partial charge in [0, 0.05) is 23.1 Å². The van der Waals surface area contributed by atoms with Gasteiger partial charge in [0.05, 0.1) is 13.0 Å². The third-order valence-corrected chi connectivity index (χ3v) is 5.78. The number of carbonyl (C=O) groups excluding carboxylic acids is 3. The van der Waals surface area contributed by atoms with E-state index >= 15 is 0 Å². The Bertz CT molecular complexity index is 710. The number of halogens is 1. The minimum atomic E-state index is -0.837. The van der Waals surface area contributed by atoms with E-state index in [1.54, 1.807) is 18.2 Å². The summed E-state index contributed by atoms with van der Waals surface area (Å²) in [5.74, 6) is -1.01. The lowest BCUT2D eigenvalue weighted by Crippen LogP contribution is -2.57. The van der Waals surface area contributed by atoms with Crippen molar-refractivity contribution >= 4 is 33.7 Å². The number of hydrogen-bond acceptors (Lipinski definition) is 4. The van der Waals surface area contributed by atoms with Gasteiger partial charge >= 0.3 is 5.97 Å². The van der Waals surface area contributed by atoms with Gasteiger partial charge in [-0.1, -0.05) is 73.9 Å². The molecule has 1 saturated heterocycles. The standard InChI is InChI=1S/C23H33BrN2O4/c1-2-3-4-5-6-7-8-9-15-30-21(27)17-20-22(28)25-13-14-26(20)23(29)18-11-10-12-19(24)16-18/h10-12,16,20H,2-9,13-15,17H2,1H3,(H,25,28). The zero-order valence-corrected chi connectivity index (χ0v) is 19.4. The zero-order valence-electron chi connectivity index (χ0n) is 17.8. The second-order valence-electron chi connectivity index (χ2n) is 7.72. The average Bonchev–Trinajstić information content (AvgIpc) is 2.73. The normalized spacial score (nSPS) is 16.3. The van der Waals surface area contributed by atoms with E-state index in [0.29, 0.717) is 25.3 Å². The summed E-state index contributed by atoms with van der Waals surface area (Å²) in [6.45, 7) is 3.32. The summed E-state index contributed by atoms with van der Waals surface area (Å²) in [5, 5.41) is 2.74. The van der Waals surface area contributed by atoms with Crippen LogP contribution in [0.1, 0.15) is 75.1 Å². The molecule has 1 heterocycles. The number of piperazine rings is 1. The van der Waals surface area contributed by atoms with Crippen LogP contribution in [0.15, 0.2) is 28.7 Å². The summed E-state index contributed by atoms with van der Waals surface area (Å²) in [6, 6.07) is 6.19. The maximum Gasteiger partial charge on any atom is 0.308 e. The minimum Gasteiger partial charge on any atom is -0.466 e. The molecule has 7 heteroatoms. The number of benzene rings is 1. The molecule has 0 radical (unpaired) electrons. The van der Waals surface area contributed by atoms with Crippen molar-refractivity contribution in [2.75, 3.05) is 19.7 Å². The van der Waals surface area contributed by atoms with Crippen molar-refractivity contribution in [3.8, 4) is 0 Å². The molecule has 0 aromatic heterocycles. The van der Waals surface area contributed by atoms with Crippen LogP contribution in [0.25, 0.3) is 0 Å². The molecule has 0 bridgehead atoms. The Balaban J connectivity index is 1.77. The van der Waals surface area contributed by atoms with Crippen LogP contribution in [0.5, 0.6) is 0 Å². The third kappa shape index (κ3) is 8.09. The topological polar surface area (TPSA) is 75.7 Å². The van der Waals surface area contributed by atoms with Crippen molar-refractivity contribution in [2.24, 2.45) is 0 Å². The van der Waals surface area contributed by atoms with E-state index in [1.807, 2.05) is 6.07 Å². The van der Waals surface area contributed by atoms with Gasteiger partial charge in [-0.2, -0.15) is 0 Å². The van der Waals surface area contributed by atoms with Crippen LogP contribution in [0, 0.1) is 0 Å². The highest BCUT2D eigenvalue weighted by Gasteiger charge is 2.35. The molecule has 1 aliphatic heterocycles. The molecule has 6 nitrogen and oxygen atoms in total. The summed E-state index contributed by atoms with van der Waals surface area (Å²) in [5.41, 5.74) is 0.483. The molecular weight excluding hydrogens is 448 g/mol. The van der Waals surface area contributed by atoms with E-state index in [-0.39, 0.29) is 18.2 Å². The average molecular weight is 481 g/mol. The van der Waals surface area contributed by atoms with E-state index in [0.717, 1.165) is 23.7 Å². The molecule has 1 N–H and O–H groups in total. The zero-order chi connectivity index (χ0) is 21.8. The van der Waals surface area contributed by atoms with Gasteiger partial charge in [-0.05, 0) is 24.6 Å². The van der Waals surface area contributed by atoms with E-state index in [4.69, 9.17) is 4.74 Å². The van der Waals surface area contributed by atoms with Crippen molar-refractivity contribution < 1.29 is 19.1 Å². The molecule has 1 fully saturated rings. The lowest BCUT2D eigenvalue weighted by atomic mass is 10.1. The predicted molar refractivity (Wildman–Crippen MR) is 120 cm³/mol. The Hall–Kier alpha value is -1.89. The Morgan fingerprint density at radius 3 is 2.53 bits per heavy atom. The Labute approximate surface area is 187 Å². The first-order valence-corrected chi connectivity index (χ1v) is 11.8. The van der Waals surface area contributed by atoms with Gasteiger partial charge in [-0.3, -0.25) is 14.4 Å². The molecule has 2 rings (SSSR count). The number of esters is 1. The smallest absolute Gasteiger partial charge is 0.308 e. The van der Waals surface area contributed by atoms with Crippen LogP contribution < -0.4 is 5.32 Å². The third-order valence-electron chi connectivity index (χ3n) is 5.28. The summed E-state index contributed by atoms with van der Waals surface area (Å²) >= 11 is 3.36. The lowest BCUT2D eigenvalue weighted by Gasteiger charge is -2.34. The van der Waals surface area contributed by atoms with Crippen molar-refractivity contribution in [1.82, 2.24) is 10.2 Å². The summed E-state index contributed by atoms with van der Waals surface area (Å²) in [6.07, 6.45) is 9.24. The van der Waals surface area contributed by atoms with Gasteiger partial charge in [0.15, 0.2) is 0 Å². The molecule has 1 aromatic rings. The van der Waals surface area contributed by atoms with E-state index in [1.165, 1.54) is 37.0 Å². The number of ether oxygens (including phenoxy) is 1. The van der Waals surface area contributed by atoms with Gasteiger partial charge in [0.25, 0.3) is 5.91 Å². The molecule has 1 atom stereocenters. The van der Waals surface area contributed by atoms with Gasteiger partial charge < -0.3 is 15.0 Å². The predicted octanol–water partition coefficient (Wildman–Crippen LogP) is 4.46. The second kappa shape index (κ2) is 13.4. The van der Waals surface area contributed by atoms with Crippen LogP contribution in [-0.2, 0) is 14.3 Å². The number of amides is 2. The number of unbranched alkanes of at least 4 members (excludes halogenated alkanes) is 7. The molecule has 0 saturated carbocycles. The molecule has 166 valence electrons. The quantitative estimate of drug-likeness (QED) is 0.353. The highest BCUT2D eigenvalue weighted by molar-refractivity contribution is 9.10. The number of nitrogens with one attached hydrogen (secondary N) is 1. The number of carbonyl (C=O) groups is 3. The monoisotopic (exact) mass is 480 g/mol. The highest BCUT2D eigenvalue weighted by Crippen LogP contribution is 2.18. The van der Waals surface area contributed by atoms with Crippen molar-refractivity contribution in [2.45, 2.75) is 70.8 Å². The fourth-order valence-electron chi connectivity index (χ4n) is 3.59. The number of hydrogen-bond donors (Lipinski definition) is 1. The lowest BCUT2D eigenvalue weighted by molar-refractivity contribution is -0.147. The van der Waals surface area contributed by atoms with Gasteiger partial charge in [0.2, 0.25) is 5.91 Å². The van der Waals surface area contributed by atoms with E-state index in [9.17, 15) is 14.4 Å². The Morgan fingerprint density at radius 1 is 1.13 bits per heavy atom. The largest absolute Gasteiger partial charge is 0.466 e. The van der Waals surface area contributed by atoms with Crippen molar-refractivity contribution in [3.05, 3.63) is 34.3 Å². The molecule has 1 aromatic carbocycles. The van der Waals surface area contributed by atoms with Gasteiger partial charge in [-0.25, -0.2) is 0 Å². The van der Waals surface area contributed by atoms with Gasteiger partial charge in [-0.15, -0.1) is 0 Å². The molecule has 0 aliphatic carbocycles. The summed E-state index contributed by atoms with van der Waals surface area (Å²) < 4.78 is 6.11. The summed E-state index contributed by atoms with van der Waals surface area (Å²) in [7, 11) is 0. The first-order valence-electron chi connectivity index (χ1n) is 11.0. The fraction of sp³-hybridized carbons (Fsp3) is 0.609. The highest BCUT2D eigenvalue weighted by atomic mass is 79.9. The van der Waals surface area contributed by atoms with Crippen molar-refractivity contribution in [3.63, 3.8) is 0 Å². The SMILES string of the molecule is CCCCCCCCCCOC(=O)CC1C(=O)NCCN1C(=O)c1cccc(Br)c1. The second-order valence-corrected chi connectivity index (χ2v) is 8.63. The van der Waals surface area contributed by atoms with E-state index in [2.05, 4.69) is 28.2 Å². The van der Waals surface area contributed by atoms with Crippen LogP contribution in [-0.4, -0.2) is 48.4 Å². The number of rotatable bonds is 12. The molecule has 2 amide bonds. The van der Waals surface area contributed by atoms with Crippen molar-refractivity contribution in [1.29, 1.82) is 0 Å². The summed E-state index contributed by atoms with van der Waals surface area (Å²) in [4.78, 5) is 39.0. The Morgan fingerprint density at radius 2 is 1.83 bits per heavy atom. The minimum absolute atomic E-state index is 0.122. The maximum atomic E-state index is 12.9. The maximum absolute atomic E-state index is 12.9. The van der Waals surface area contributed by atoms with Crippen LogP contribution >= 0.6 is 15.9 Å². The van der Waals surface area contributed by atoms with E-state index < -0.39 is 12.0 Å². The number of nitrogens with zero attached hydrogens (tertiary/aromatic N) is 1. The first kappa shape index (κ1) is 24.4. The molecule has 30 heavy (non-hydrogen) atoms. The first-order chi connectivity index (χ1) is 14.5. The fourth-order valence-corrected chi connectivity index (χ4v) is 3.99. The van der Waals surface area contributed by atoms with Crippen LogP contribution in [0.4, 0.5) is 0 Å². The molecule has 0 spiro atoms. The molecule has 1 unspecified atom stereocenters. The molecule has 1 aliphatic rings. The van der Waals surface area contributed by atoms with Crippen LogP contribution in [0.3, 0.4) is 0 Å². The van der Waals surface area contributed by atoms with Gasteiger partial charge in [0.1, 0.15) is 6.04 Å².